The Bertz CT molecular complexity index is 2480. The first-order valence-corrected chi connectivity index (χ1v) is 20.9. The highest BCUT2D eigenvalue weighted by atomic mass is 35.5. The van der Waals surface area contributed by atoms with Crippen molar-refractivity contribution in [2.75, 3.05) is 64.0 Å². The fourth-order valence-corrected chi connectivity index (χ4v) is 7.67. The van der Waals surface area contributed by atoms with Crippen LogP contribution in [0.25, 0.3) is 22.0 Å². The van der Waals surface area contributed by atoms with E-state index in [0.717, 1.165) is 0 Å². The number of rotatable bonds is 21. The van der Waals surface area contributed by atoms with Crippen LogP contribution in [0.4, 0.5) is 21.6 Å². The molecule has 2 amide bonds. The molecule has 0 saturated carbocycles. The number of benzene rings is 4. The average molecular weight is 904 g/mol. The molecule has 0 radical (unpaired) electrons. The molecule has 2 aliphatic heterocycles. The Morgan fingerprint density at radius 1 is 0.953 bits per heavy atom. The van der Waals surface area contributed by atoms with E-state index >= 15 is 0 Å². The zero-order valence-corrected chi connectivity index (χ0v) is 35.5. The number of aliphatic hydroxyl groups excluding tert-OH is 2. The zero-order chi connectivity index (χ0) is 45.2. The molecular formula is C44H47ClFN7O11. The molecule has 20 heteroatoms. The number of anilines is 2. The van der Waals surface area contributed by atoms with E-state index in [1.165, 1.54) is 43.8 Å². The standard InChI is InChI=1S/C44H47ClFN7O11/c1-60-38-22-36-31(42(49-25-48-36)47-23-27-5-7-28(53(58)59)20-30(27)26-6-8-34(46)33(45)19-26)21-39(38)64-18-17-63-16-15-62-14-13-61-12-11-41(55)50-35-4-2-3-29-32(35)24-52(44(29)57)37-9-10-40(54)51-43(37)56/h2-8,19-22,25,37,40,43,51,54,56H,9-18,23-24H2,1H3,(H,50,55)(H,47,48,49). The second-order valence-electron chi connectivity index (χ2n) is 14.8. The van der Waals surface area contributed by atoms with Crippen LogP contribution in [0.1, 0.15) is 40.7 Å². The van der Waals surface area contributed by atoms with Crippen molar-refractivity contribution in [3.05, 3.63) is 111 Å². The number of nitro groups is 1. The molecular weight excluding hydrogens is 857 g/mol. The van der Waals surface area contributed by atoms with Crippen LogP contribution in [0.15, 0.2) is 73.1 Å². The van der Waals surface area contributed by atoms with Gasteiger partial charge in [-0.1, -0.05) is 23.7 Å². The van der Waals surface area contributed by atoms with Crippen molar-refractivity contribution in [3.8, 4) is 22.6 Å². The molecule has 64 heavy (non-hydrogen) atoms. The van der Waals surface area contributed by atoms with Crippen LogP contribution in [-0.4, -0.2) is 114 Å². The number of hydrogen-bond donors (Lipinski definition) is 5. The minimum Gasteiger partial charge on any atom is -0.493 e. The van der Waals surface area contributed by atoms with E-state index in [2.05, 4.69) is 25.9 Å². The van der Waals surface area contributed by atoms with Crippen LogP contribution >= 0.6 is 11.6 Å². The molecule has 4 aromatic carbocycles. The van der Waals surface area contributed by atoms with Gasteiger partial charge in [-0.25, -0.2) is 14.4 Å². The van der Waals surface area contributed by atoms with Crippen LogP contribution < -0.4 is 25.4 Å². The molecule has 2 aliphatic rings. The second kappa shape index (κ2) is 21.5. The van der Waals surface area contributed by atoms with Crippen molar-refractivity contribution in [3.63, 3.8) is 0 Å². The molecule has 0 bridgehead atoms. The number of hydrogen-bond acceptors (Lipinski definition) is 15. The molecule has 3 unspecified atom stereocenters. The number of carbonyl (C=O) groups is 2. The number of halogens is 2. The number of nitrogens with one attached hydrogen (secondary N) is 3. The second-order valence-corrected chi connectivity index (χ2v) is 15.3. The van der Waals surface area contributed by atoms with Crippen LogP contribution in [0.3, 0.4) is 0 Å². The summed E-state index contributed by atoms with van der Waals surface area (Å²) in [5.74, 6) is 0.254. The van der Waals surface area contributed by atoms with Crippen molar-refractivity contribution >= 4 is 51.5 Å². The predicted molar refractivity (Wildman–Crippen MR) is 233 cm³/mol. The molecule has 1 aromatic heterocycles. The highest BCUT2D eigenvalue weighted by Gasteiger charge is 2.40. The Balaban J connectivity index is 0.810. The number of aliphatic hydroxyl groups is 2. The average Bonchev–Trinajstić information content (AvgIpc) is 3.62. The Kier molecular flexibility index (Phi) is 15.5. The number of aromatic nitrogens is 2. The Labute approximate surface area is 371 Å². The lowest BCUT2D eigenvalue weighted by atomic mass is 9.98. The molecule has 18 nitrogen and oxygen atoms in total. The normalized spacial score (nSPS) is 17.0. The highest BCUT2D eigenvalue weighted by molar-refractivity contribution is 6.31. The maximum Gasteiger partial charge on any atom is 0.270 e. The molecule has 0 spiro atoms. The summed E-state index contributed by atoms with van der Waals surface area (Å²) in [5, 5.41) is 41.1. The van der Waals surface area contributed by atoms with Gasteiger partial charge in [0.1, 0.15) is 37.0 Å². The van der Waals surface area contributed by atoms with Gasteiger partial charge < -0.3 is 49.4 Å². The van der Waals surface area contributed by atoms with Gasteiger partial charge in [-0.15, -0.1) is 0 Å². The minimum absolute atomic E-state index is 0.0956. The van der Waals surface area contributed by atoms with Gasteiger partial charge in [0, 0.05) is 53.5 Å². The van der Waals surface area contributed by atoms with E-state index in [1.807, 2.05) is 0 Å². The third-order valence-electron chi connectivity index (χ3n) is 10.7. The topological polar surface area (TPSA) is 229 Å². The van der Waals surface area contributed by atoms with Crippen molar-refractivity contribution in [1.29, 1.82) is 0 Å². The van der Waals surface area contributed by atoms with Crippen LogP contribution in [0.5, 0.6) is 11.5 Å². The van der Waals surface area contributed by atoms with Crippen LogP contribution in [0.2, 0.25) is 5.02 Å². The molecule has 5 N–H and O–H groups in total. The summed E-state index contributed by atoms with van der Waals surface area (Å²) in [6.07, 6.45) is 0.471. The lowest BCUT2D eigenvalue weighted by Gasteiger charge is -2.37. The lowest BCUT2D eigenvalue weighted by Crippen LogP contribution is -2.56. The van der Waals surface area contributed by atoms with E-state index in [1.54, 1.807) is 41.3 Å². The molecule has 338 valence electrons. The lowest BCUT2D eigenvalue weighted by molar-refractivity contribution is -0.384. The molecule has 0 aliphatic carbocycles. The number of amides is 2. The molecule has 7 rings (SSSR count). The maximum atomic E-state index is 13.9. The number of piperidine rings is 1. The predicted octanol–water partition coefficient (Wildman–Crippen LogP) is 5.42. The quantitative estimate of drug-likeness (QED) is 0.0352. The van der Waals surface area contributed by atoms with Gasteiger partial charge in [-0.2, -0.15) is 0 Å². The number of fused-ring (bicyclic) bond motifs is 2. The van der Waals surface area contributed by atoms with Crippen molar-refractivity contribution < 1.29 is 52.8 Å². The summed E-state index contributed by atoms with van der Waals surface area (Å²) >= 11 is 6.04. The summed E-state index contributed by atoms with van der Waals surface area (Å²) in [6, 6.07) is 16.7. The Morgan fingerprint density at radius 2 is 1.72 bits per heavy atom. The maximum absolute atomic E-state index is 13.9. The summed E-state index contributed by atoms with van der Waals surface area (Å²) in [7, 11) is 1.52. The first kappa shape index (κ1) is 45.9. The van der Waals surface area contributed by atoms with E-state index in [0.29, 0.717) is 94.4 Å². The van der Waals surface area contributed by atoms with Crippen molar-refractivity contribution in [2.45, 2.75) is 50.8 Å². The SMILES string of the molecule is COc1cc2ncnc(NCc3ccc([N+](=O)[O-])cc3-c3ccc(F)c(Cl)c3)c2cc1OCCOCCOCCOCCC(=O)Nc1cccc2c1CN(C1CCC(O)NC1O)C2=O. The van der Waals surface area contributed by atoms with Gasteiger partial charge in [-0.3, -0.25) is 25.0 Å². The highest BCUT2D eigenvalue weighted by Crippen LogP contribution is 2.36. The number of nitro benzene ring substituents is 1. The molecule has 3 heterocycles. The van der Waals surface area contributed by atoms with Gasteiger partial charge in [0.2, 0.25) is 5.91 Å². The Morgan fingerprint density at radius 3 is 2.45 bits per heavy atom. The van der Waals surface area contributed by atoms with Gasteiger partial charge in [0.25, 0.3) is 11.6 Å². The third kappa shape index (κ3) is 11.2. The minimum atomic E-state index is -1.06. The van der Waals surface area contributed by atoms with Crippen molar-refractivity contribution in [1.82, 2.24) is 20.2 Å². The first-order valence-electron chi connectivity index (χ1n) is 20.5. The smallest absolute Gasteiger partial charge is 0.270 e. The third-order valence-corrected chi connectivity index (χ3v) is 11.0. The number of methoxy groups -OCH3 is 1. The van der Waals surface area contributed by atoms with Crippen LogP contribution in [-0.2, 0) is 32.1 Å². The van der Waals surface area contributed by atoms with Gasteiger partial charge in [0.05, 0.1) is 74.7 Å². The number of carbonyl (C=O) groups excluding carboxylic acids is 2. The Hall–Kier alpha value is -6.06. The monoisotopic (exact) mass is 903 g/mol. The fraction of sp³-hybridized carbons (Fsp3) is 0.364. The van der Waals surface area contributed by atoms with E-state index in [-0.39, 0.29) is 68.5 Å². The summed E-state index contributed by atoms with van der Waals surface area (Å²) < 4.78 is 42.3. The zero-order valence-electron chi connectivity index (χ0n) is 34.8. The summed E-state index contributed by atoms with van der Waals surface area (Å²) in [4.78, 5) is 47.3. The van der Waals surface area contributed by atoms with Crippen LogP contribution in [0, 0.1) is 15.9 Å². The molecule has 1 fully saturated rings. The number of nitrogens with zero attached hydrogens (tertiary/aromatic N) is 4. The van der Waals surface area contributed by atoms with E-state index < -0.39 is 29.2 Å². The first-order chi connectivity index (χ1) is 31.0. The summed E-state index contributed by atoms with van der Waals surface area (Å²) in [6.45, 7) is 2.24. The van der Waals surface area contributed by atoms with E-state index in [4.69, 9.17) is 35.3 Å². The molecule has 5 aromatic rings. The number of ether oxygens (including phenoxy) is 5. The van der Waals surface area contributed by atoms with Gasteiger partial charge >= 0.3 is 0 Å². The van der Waals surface area contributed by atoms with Crippen molar-refractivity contribution in [2.24, 2.45) is 0 Å². The van der Waals surface area contributed by atoms with Gasteiger partial charge in [0.15, 0.2) is 11.5 Å². The van der Waals surface area contributed by atoms with E-state index in [9.17, 15) is 34.3 Å². The molecule has 3 atom stereocenters. The summed E-state index contributed by atoms with van der Waals surface area (Å²) in [5.41, 5.74) is 3.84. The largest absolute Gasteiger partial charge is 0.493 e. The fourth-order valence-electron chi connectivity index (χ4n) is 7.49. The number of non-ortho nitro benzene ring substituents is 1. The molecule has 1 saturated heterocycles. The van der Waals surface area contributed by atoms with Gasteiger partial charge in [-0.05, 0) is 65.9 Å².